The van der Waals surface area contributed by atoms with E-state index in [2.05, 4.69) is 6.92 Å². The average molecular weight is 234 g/mol. The van der Waals surface area contributed by atoms with Crippen molar-refractivity contribution >= 4 is 5.78 Å². The first-order valence-corrected chi connectivity index (χ1v) is 6.39. The molecule has 2 heteroatoms. The number of rotatable bonds is 3. The molecule has 1 saturated carbocycles. The minimum atomic E-state index is -0.422. The summed E-state index contributed by atoms with van der Waals surface area (Å²) in [7, 11) is 0. The number of aliphatic hydroxyl groups excluding tert-OH is 1. The Bertz CT molecular complexity index is 401. The fourth-order valence-corrected chi connectivity index (χ4v) is 3.61. The van der Waals surface area contributed by atoms with E-state index in [1.807, 2.05) is 26.8 Å². The van der Waals surface area contributed by atoms with Crippen LogP contribution in [0, 0.1) is 17.3 Å². The molecule has 0 aromatic heterocycles. The Morgan fingerprint density at radius 3 is 2.71 bits per heavy atom. The van der Waals surface area contributed by atoms with Gasteiger partial charge in [-0.25, -0.2) is 0 Å². The summed E-state index contributed by atoms with van der Waals surface area (Å²) in [6.07, 6.45) is 4.95. The number of hydrogen-bond acceptors (Lipinski definition) is 2. The highest BCUT2D eigenvalue weighted by atomic mass is 16.3. The number of fused-ring (bicyclic) bond motifs is 1. The molecule has 0 spiro atoms. The van der Waals surface area contributed by atoms with E-state index in [4.69, 9.17) is 0 Å². The highest BCUT2D eigenvalue weighted by molar-refractivity contribution is 5.95. The number of carbonyl (C=O) groups is 1. The molecule has 3 aliphatic rings. The van der Waals surface area contributed by atoms with Gasteiger partial charge in [-0.15, -0.1) is 0 Å². The van der Waals surface area contributed by atoms with Gasteiger partial charge in [-0.05, 0) is 51.0 Å². The van der Waals surface area contributed by atoms with E-state index in [9.17, 15) is 9.90 Å². The Hall–Kier alpha value is -0.890. The molecular formula is C15H22O2. The lowest BCUT2D eigenvalue weighted by molar-refractivity contribution is -0.138. The third kappa shape index (κ3) is 1.99. The molecule has 0 amide bonds. The zero-order chi connectivity index (χ0) is 12.8. The molecule has 3 aliphatic carbocycles. The molecule has 94 valence electrons. The maximum Gasteiger partial charge on any atom is 0.159 e. The first-order chi connectivity index (χ1) is 7.84. The lowest BCUT2D eigenvalue weighted by Crippen LogP contribution is -2.55. The van der Waals surface area contributed by atoms with Crippen LogP contribution in [0.15, 0.2) is 23.3 Å². The number of ketones is 1. The molecule has 17 heavy (non-hydrogen) atoms. The number of carbonyl (C=O) groups excluding carboxylic acids is 1. The van der Waals surface area contributed by atoms with Gasteiger partial charge in [0.2, 0.25) is 0 Å². The fourth-order valence-electron chi connectivity index (χ4n) is 3.61. The van der Waals surface area contributed by atoms with Crippen molar-refractivity contribution in [2.75, 3.05) is 0 Å². The SMILES string of the molecule is CC(C)=C[C@H](O)C[C@]1(C)[C@@H]2C[C@H]1C(C)=CC2=O. The predicted molar refractivity (Wildman–Crippen MR) is 68.5 cm³/mol. The van der Waals surface area contributed by atoms with Gasteiger partial charge in [0, 0.05) is 5.92 Å². The zero-order valence-electron chi connectivity index (χ0n) is 11.2. The van der Waals surface area contributed by atoms with Crippen molar-refractivity contribution in [3.8, 4) is 0 Å². The van der Waals surface area contributed by atoms with Gasteiger partial charge in [-0.1, -0.05) is 24.1 Å². The van der Waals surface area contributed by atoms with Crippen LogP contribution in [0.5, 0.6) is 0 Å². The van der Waals surface area contributed by atoms with Crippen LogP contribution in [0.2, 0.25) is 0 Å². The minimum Gasteiger partial charge on any atom is -0.389 e. The molecule has 2 bridgehead atoms. The number of hydrogen-bond donors (Lipinski definition) is 1. The fraction of sp³-hybridized carbons (Fsp3) is 0.667. The van der Waals surface area contributed by atoms with E-state index in [0.717, 1.165) is 12.0 Å². The minimum absolute atomic E-state index is 0.0265. The van der Waals surface area contributed by atoms with Gasteiger partial charge in [0.05, 0.1) is 6.10 Å². The van der Waals surface area contributed by atoms with Gasteiger partial charge in [0.15, 0.2) is 5.78 Å². The Balaban J connectivity index is 2.15. The molecule has 0 aromatic rings. The molecule has 3 rings (SSSR count). The molecule has 2 nitrogen and oxygen atoms in total. The molecule has 0 radical (unpaired) electrons. The van der Waals surface area contributed by atoms with E-state index in [-0.39, 0.29) is 17.1 Å². The van der Waals surface area contributed by atoms with Gasteiger partial charge in [0.1, 0.15) is 0 Å². The molecule has 0 aliphatic heterocycles. The summed E-state index contributed by atoms with van der Waals surface area (Å²) in [4.78, 5) is 11.9. The van der Waals surface area contributed by atoms with Gasteiger partial charge in [-0.2, -0.15) is 0 Å². The Labute approximate surface area is 103 Å². The normalized spacial score (nSPS) is 37.0. The predicted octanol–water partition coefficient (Wildman–Crippen LogP) is 2.88. The van der Waals surface area contributed by atoms with Crippen LogP contribution in [-0.4, -0.2) is 17.0 Å². The van der Waals surface area contributed by atoms with E-state index in [1.54, 1.807) is 6.08 Å². The quantitative estimate of drug-likeness (QED) is 0.762. The smallest absolute Gasteiger partial charge is 0.159 e. The van der Waals surface area contributed by atoms with Gasteiger partial charge >= 0.3 is 0 Å². The van der Waals surface area contributed by atoms with Crippen molar-refractivity contribution < 1.29 is 9.90 Å². The second-order valence-corrected chi connectivity index (χ2v) is 6.15. The Morgan fingerprint density at radius 2 is 2.24 bits per heavy atom. The molecule has 0 saturated heterocycles. The summed E-state index contributed by atoms with van der Waals surface area (Å²) in [6.45, 7) is 8.18. The van der Waals surface area contributed by atoms with Crippen LogP contribution in [0.4, 0.5) is 0 Å². The van der Waals surface area contributed by atoms with E-state index < -0.39 is 6.10 Å². The van der Waals surface area contributed by atoms with Crippen LogP contribution in [0.3, 0.4) is 0 Å². The summed E-state index contributed by atoms with van der Waals surface area (Å²) in [5, 5.41) is 10.0. The van der Waals surface area contributed by atoms with Gasteiger partial charge in [0.25, 0.3) is 0 Å². The summed E-state index contributed by atoms with van der Waals surface area (Å²) in [5.74, 6) is 0.888. The lowest BCUT2D eigenvalue weighted by Gasteiger charge is -2.57. The van der Waals surface area contributed by atoms with Crippen molar-refractivity contribution in [2.45, 2.75) is 46.6 Å². The average Bonchev–Trinajstić information content (AvgIpc) is 2.13. The van der Waals surface area contributed by atoms with E-state index in [1.165, 1.54) is 5.57 Å². The van der Waals surface area contributed by atoms with Crippen molar-refractivity contribution in [2.24, 2.45) is 17.3 Å². The Morgan fingerprint density at radius 1 is 1.59 bits per heavy atom. The molecule has 4 atom stereocenters. The highest BCUT2D eigenvalue weighted by Crippen LogP contribution is 2.60. The number of aliphatic hydroxyl groups is 1. The van der Waals surface area contributed by atoms with Crippen LogP contribution < -0.4 is 0 Å². The van der Waals surface area contributed by atoms with Crippen molar-refractivity contribution in [1.29, 1.82) is 0 Å². The first-order valence-electron chi connectivity index (χ1n) is 6.39. The zero-order valence-corrected chi connectivity index (χ0v) is 11.2. The molecule has 0 aromatic carbocycles. The third-order valence-electron chi connectivity index (χ3n) is 4.50. The topological polar surface area (TPSA) is 37.3 Å². The second-order valence-electron chi connectivity index (χ2n) is 6.15. The second kappa shape index (κ2) is 4.09. The molecule has 0 unspecified atom stereocenters. The van der Waals surface area contributed by atoms with Crippen LogP contribution in [0.1, 0.15) is 40.5 Å². The van der Waals surface area contributed by atoms with Crippen LogP contribution >= 0.6 is 0 Å². The lowest BCUT2D eigenvalue weighted by atomic mass is 9.46. The summed E-state index contributed by atoms with van der Waals surface area (Å²) in [5.41, 5.74) is 2.30. The van der Waals surface area contributed by atoms with Crippen LogP contribution in [-0.2, 0) is 4.79 Å². The maximum absolute atomic E-state index is 11.9. The van der Waals surface area contributed by atoms with Crippen LogP contribution in [0.25, 0.3) is 0 Å². The first kappa shape index (κ1) is 12.6. The maximum atomic E-state index is 11.9. The van der Waals surface area contributed by atoms with Crippen molar-refractivity contribution in [3.05, 3.63) is 23.3 Å². The van der Waals surface area contributed by atoms with Crippen molar-refractivity contribution in [1.82, 2.24) is 0 Å². The highest BCUT2D eigenvalue weighted by Gasteiger charge is 2.57. The van der Waals surface area contributed by atoms with Crippen molar-refractivity contribution in [3.63, 3.8) is 0 Å². The summed E-state index contributed by atoms with van der Waals surface area (Å²) < 4.78 is 0. The monoisotopic (exact) mass is 234 g/mol. The standard InChI is InChI=1S/C15H22O2/c1-9(2)5-11(16)8-15(4)12-7-13(15)14(17)6-10(12)3/h5-6,11-13,16H,7-8H2,1-4H3/t11-,12-,13+,15-/m0/s1. The third-order valence-corrected chi connectivity index (χ3v) is 4.50. The summed E-state index contributed by atoms with van der Waals surface area (Å²) >= 11 is 0. The van der Waals surface area contributed by atoms with Gasteiger partial charge < -0.3 is 5.11 Å². The molecule has 1 fully saturated rings. The number of allylic oxidation sites excluding steroid dienone is 3. The van der Waals surface area contributed by atoms with E-state index >= 15 is 0 Å². The molecular weight excluding hydrogens is 212 g/mol. The van der Waals surface area contributed by atoms with Gasteiger partial charge in [-0.3, -0.25) is 4.79 Å². The van der Waals surface area contributed by atoms with E-state index in [0.29, 0.717) is 12.3 Å². The molecule has 1 N–H and O–H groups in total. The summed E-state index contributed by atoms with van der Waals surface area (Å²) in [6, 6.07) is 0. The Kier molecular flexibility index (Phi) is 3.03. The molecule has 0 heterocycles. The largest absolute Gasteiger partial charge is 0.389 e.